The fourth-order valence-corrected chi connectivity index (χ4v) is 2.91. The summed E-state index contributed by atoms with van der Waals surface area (Å²) in [4.78, 5) is 0. The van der Waals surface area contributed by atoms with Gasteiger partial charge in [0.05, 0.1) is 24.5 Å². The third kappa shape index (κ3) is 4.34. The van der Waals surface area contributed by atoms with E-state index in [1.165, 1.54) is 31.2 Å². The second-order valence-corrected chi connectivity index (χ2v) is 6.09. The molecule has 0 amide bonds. The van der Waals surface area contributed by atoms with E-state index in [1.54, 1.807) is 0 Å². The number of aliphatic hydroxyl groups excluding tert-OH is 2. The number of hydrogen-bond donors (Lipinski definition) is 3. The number of hydrogen-bond acceptors (Lipinski definition) is 4. The molecular weight excluding hydrogens is 261 g/mol. The van der Waals surface area contributed by atoms with E-state index in [0.717, 1.165) is 0 Å². The predicted molar refractivity (Wildman–Crippen MR) is 64.7 cm³/mol. The highest BCUT2D eigenvalue weighted by molar-refractivity contribution is 7.88. The fourth-order valence-electron chi connectivity index (χ4n) is 1.33. The van der Waals surface area contributed by atoms with Gasteiger partial charge in [0.2, 0.25) is 10.0 Å². The summed E-state index contributed by atoms with van der Waals surface area (Å²) in [5, 5.41) is 18.0. The monoisotopic (exact) mass is 277 g/mol. The maximum Gasteiger partial charge on any atom is 0.216 e. The largest absolute Gasteiger partial charge is 0.394 e. The van der Waals surface area contributed by atoms with Crippen molar-refractivity contribution in [1.82, 2.24) is 4.72 Å². The molecule has 18 heavy (non-hydrogen) atoms. The van der Waals surface area contributed by atoms with E-state index in [9.17, 15) is 12.8 Å². The molecule has 0 saturated heterocycles. The van der Waals surface area contributed by atoms with E-state index in [4.69, 9.17) is 10.2 Å². The van der Waals surface area contributed by atoms with Gasteiger partial charge in [0, 0.05) is 0 Å². The maximum absolute atomic E-state index is 12.7. The van der Waals surface area contributed by atoms with Crippen molar-refractivity contribution in [3.8, 4) is 0 Å². The molecule has 0 aliphatic heterocycles. The lowest BCUT2D eigenvalue weighted by molar-refractivity contribution is 0.121. The number of halogens is 1. The van der Waals surface area contributed by atoms with Crippen LogP contribution in [0.4, 0.5) is 4.39 Å². The first-order valence-electron chi connectivity index (χ1n) is 5.28. The van der Waals surface area contributed by atoms with E-state index in [-0.39, 0.29) is 5.75 Å². The van der Waals surface area contributed by atoms with Gasteiger partial charge >= 0.3 is 0 Å². The van der Waals surface area contributed by atoms with Crippen molar-refractivity contribution in [1.29, 1.82) is 0 Å². The molecule has 3 N–H and O–H groups in total. The Labute approximate surface area is 105 Å². The molecule has 0 atom stereocenters. The maximum atomic E-state index is 12.7. The Bertz CT molecular complexity index is 482. The van der Waals surface area contributed by atoms with Crippen LogP contribution < -0.4 is 4.72 Å². The van der Waals surface area contributed by atoms with Crippen LogP contribution >= 0.6 is 0 Å². The molecule has 0 unspecified atom stereocenters. The molecule has 102 valence electrons. The molecule has 5 nitrogen and oxygen atoms in total. The van der Waals surface area contributed by atoms with Gasteiger partial charge in [-0.3, -0.25) is 0 Å². The summed E-state index contributed by atoms with van der Waals surface area (Å²) in [6.45, 7) is 0.341. The molecule has 0 spiro atoms. The molecule has 0 saturated carbocycles. The lowest BCUT2D eigenvalue weighted by atomic mass is 10.1. The number of nitrogens with one attached hydrogen (secondary N) is 1. The second-order valence-electron chi connectivity index (χ2n) is 4.36. The Morgan fingerprint density at radius 2 is 1.72 bits per heavy atom. The SMILES string of the molecule is CC(CO)(CO)NS(=O)(=O)Cc1ccc(F)cc1. The minimum atomic E-state index is -3.72. The van der Waals surface area contributed by atoms with Gasteiger partial charge in [-0.1, -0.05) is 12.1 Å². The van der Waals surface area contributed by atoms with E-state index in [0.29, 0.717) is 5.56 Å². The Kier molecular flexibility index (Phi) is 4.80. The van der Waals surface area contributed by atoms with Crippen molar-refractivity contribution in [3.63, 3.8) is 0 Å². The molecule has 7 heteroatoms. The smallest absolute Gasteiger partial charge is 0.216 e. The summed E-state index contributed by atoms with van der Waals surface area (Å²) in [6.07, 6.45) is 0. The average Bonchev–Trinajstić information content (AvgIpc) is 2.31. The molecule has 0 radical (unpaired) electrons. The first kappa shape index (κ1) is 15.0. The molecule has 0 aliphatic carbocycles. The first-order chi connectivity index (χ1) is 8.30. The molecular formula is C11H16FNO4S. The topological polar surface area (TPSA) is 86.6 Å². The van der Waals surface area contributed by atoms with E-state index in [2.05, 4.69) is 4.72 Å². The molecule has 0 bridgehead atoms. The molecule has 1 rings (SSSR count). The number of aliphatic hydroxyl groups is 2. The highest BCUT2D eigenvalue weighted by Gasteiger charge is 2.28. The zero-order valence-corrected chi connectivity index (χ0v) is 10.7. The van der Waals surface area contributed by atoms with Crippen molar-refractivity contribution in [2.24, 2.45) is 0 Å². The van der Waals surface area contributed by atoms with Gasteiger partial charge in [-0.25, -0.2) is 17.5 Å². The van der Waals surface area contributed by atoms with Crippen LogP contribution in [0, 0.1) is 5.82 Å². The van der Waals surface area contributed by atoms with Gasteiger partial charge in [-0.05, 0) is 24.6 Å². The first-order valence-corrected chi connectivity index (χ1v) is 6.93. The van der Waals surface area contributed by atoms with Crippen molar-refractivity contribution < 1.29 is 23.0 Å². The summed E-state index contributed by atoms with van der Waals surface area (Å²) < 4.78 is 38.5. The number of rotatable bonds is 6. The Balaban J connectivity index is 2.79. The standard InChI is InChI=1S/C11H16FNO4S/c1-11(7-14,8-15)13-18(16,17)6-9-2-4-10(12)5-3-9/h2-5,13-15H,6-8H2,1H3. The number of sulfonamides is 1. The van der Waals surface area contributed by atoms with Gasteiger partial charge < -0.3 is 10.2 Å². The van der Waals surface area contributed by atoms with Crippen LogP contribution in [0.1, 0.15) is 12.5 Å². The lowest BCUT2D eigenvalue weighted by Crippen LogP contribution is -2.51. The normalized spacial score (nSPS) is 12.7. The van der Waals surface area contributed by atoms with Gasteiger partial charge in [-0.2, -0.15) is 0 Å². The predicted octanol–water partition coefficient (Wildman–Crippen LogP) is -0.0116. The minimum Gasteiger partial charge on any atom is -0.394 e. The summed E-state index contributed by atoms with van der Waals surface area (Å²) in [7, 11) is -3.72. The van der Waals surface area contributed by atoms with Crippen LogP contribution in [0.15, 0.2) is 24.3 Å². The van der Waals surface area contributed by atoms with Crippen molar-refractivity contribution in [3.05, 3.63) is 35.6 Å². The second kappa shape index (κ2) is 5.75. The van der Waals surface area contributed by atoms with E-state index in [1.807, 2.05) is 0 Å². The van der Waals surface area contributed by atoms with Gasteiger partial charge in [0.15, 0.2) is 0 Å². The third-order valence-electron chi connectivity index (χ3n) is 2.37. The quantitative estimate of drug-likeness (QED) is 0.682. The van der Waals surface area contributed by atoms with Crippen molar-refractivity contribution in [2.45, 2.75) is 18.2 Å². The van der Waals surface area contributed by atoms with Crippen molar-refractivity contribution >= 4 is 10.0 Å². The van der Waals surface area contributed by atoms with Crippen LogP contribution in [0.25, 0.3) is 0 Å². The number of benzene rings is 1. The zero-order valence-electron chi connectivity index (χ0n) is 9.93. The van der Waals surface area contributed by atoms with E-state index < -0.39 is 34.6 Å². The average molecular weight is 277 g/mol. The molecule has 0 aromatic heterocycles. The Morgan fingerprint density at radius 1 is 1.22 bits per heavy atom. The van der Waals surface area contributed by atoms with Gasteiger partial charge in [-0.15, -0.1) is 0 Å². The summed E-state index contributed by atoms with van der Waals surface area (Å²) >= 11 is 0. The Hall–Kier alpha value is -1.02. The summed E-state index contributed by atoms with van der Waals surface area (Å²) in [5.74, 6) is -0.789. The van der Waals surface area contributed by atoms with Crippen LogP contribution in [0.5, 0.6) is 0 Å². The molecule has 1 aromatic carbocycles. The van der Waals surface area contributed by atoms with E-state index >= 15 is 0 Å². The summed E-state index contributed by atoms with van der Waals surface area (Å²) in [5.41, 5.74) is -0.888. The van der Waals surface area contributed by atoms with Crippen LogP contribution in [0.3, 0.4) is 0 Å². The zero-order chi connectivity index (χ0) is 13.8. The van der Waals surface area contributed by atoms with Gasteiger partial charge in [0.1, 0.15) is 5.82 Å². The van der Waals surface area contributed by atoms with Crippen molar-refractivity contribution in [2.75, 3.05) is 13.2 Å². The minimum absolute atomic E-state index is 0.344. The third-order valence-corrected chi connectivity index (χ3v) is 3.89. The van der Waals surface area contributed by atoms with Crippen LogP contribution in [0.2, 0.25) is 0 Å². The highest BCUT2D eigenvalue weighted by atomic mass is 32.2. The molecule has 1 aromatic rings. The summed E-state index contributed by atoms with van der Waals surface area (Å²) in [6, 6.07) is 5.07. The van der Waals surface area contributed by atoms with Gasteiger partial charge in [0.25, 0.3) is 0 Å². The Morgan fingerprint density at radius 3 is 2.17 bits per heavy atom. The van der Waals surface area contributed by atoms with Crippen LogP contribution in [-0.2, 0) is 15.8 Å². The fraction of sp³-hybridized carbons (Fsp3) is 0.455. The van der Waals surface area contributed by atoms with Crippen LogP contribution in [-0.4, -0.2) is 37.4 Å². The lowest BCUT2D eigenvalue weighted by Gasteiger charge is -2.25. The molecule has 0 fully saturated rings. The highest BCUT2D eigenvalue weighted by Crippen LogP contribution is 2.10. The molecule has 0 aliphatic rings. The molecule has 0 heterocycles.